The lowest BCUT2D eigenvalue weighted by Crippen LogP contribution is -2.35. The Kier molecular flexibility index (Phi) is 26.2. The molecule has 0 aliphatic carbocycles. The van der Waals surface area contributed by atoms with Gasteiger partial charge < -0.3 is 24.1 Å². The van der Waals surface area contributed by atoms with Crippen molar-refractivity contribution in [3.63, 3.8) is 0 Å². The first kappa shape index (κ1) is 58.9. The second-order valence-electron chi connectivity index (χ2n) is 15.2. The molecule has 376 valence electrons. The van der Waals surface area contributed by atoms with Gasteiger partial charge in [0, 0.05) is 96.4 Å². The van der Waals surface area contributed by atoms with Crippen LogP contribution in [0.2, 0.25) is 0 Å². The van der Waals surface area contributed by atoms with Gasteiger partial charge in [-0.25, -0.2) is 19.2 Å². The summed E-state index contributed by atoms with van der Waals surface area (Å²) in [6.07, 6.45) is 6.59. The Balaban J connectivity index is 0.000000430. The number of carbonyl (C=O) groups excluding carboxylic acids is 16. The highest BCUT2D eigenvalue weighted by Crippen LogP contribution is 2.17. The molecule has 68 heavy (non-hydrogen) atoms. The molecular weight excluding hydrogens is 906 g/mol. The van der Waals surface area contributed by atoms with Crippen LogP contribution < -0.4 is 0 Å². The second-order valence-corrected chi connectivity index (χ2v) is 15.2. The van der Waals surface area contributed by atoms with Gasteiger partial charge in [-0.3, -0.25) is 57.6 Å². The van der Waals surface area contributed by atoms with E-state index in [0.717, 1.165) is 25.7 Å². The molecule has 0 saturated carbocycles. The van der Waals surface area contributed by atoms with Gasteiger partial charge in [0.15, 0.2) is 0 Å². The molecule has 0 aromatic rings. The van der Waals surface area contributed by atoms with Crippen LogP contribution >= 0.6 is 0 Å². The molecule has 25 heteroatoms. The number of carbonyl (C=O) groups is 16. The largest absolute Gasteiger partial charge is 0.343 e. The van der Waals surface area contributed by atoms with Gasteiger partial charge in [0.1, 0.15) is 17.5 Å². The van der Waals surface area contributed by atoms with Crippen molar-refractivity contribution in [2.45, 2.75) is 164 Å². The molecule has 1 unspecified atom stereocenters. The number of imide groups is 5. The summed E-state index contributed by atoms with van der Waals surface area (Å²) in [6, 6.07) is 0. The van der Waals surface area contributed by atoms with Crippen LogP contribution in [-0.4, -0.2) is 126 Å². The van der Waals surface area contributed by atoms with Crippen molar-refractivity contribution in [2.75, 3.05) is 6.54 Å². The Morgan fingerprint density at radius 1 is 0.426 bits per heavy atom. The van der Waals surface area contributed by atoms with E-state index in [2.05, 4.69) is 21.4 Å². The summed E-state index contributed by atoms with van der Waals surface area (Å²) in [4.78, 5) is 195. The van der Waals surface area contributed by atoms with Crippen LogP contribution in [0.4, 0.5) is 0 Å². The highest BCUT2D eigenvalue weighted by atomic mass is 16.7. The second kappa shape index (κ2) is 30.3. The fraction of sp³-hybridized carbons (Fsp3) is 0.628. The molecule has 5 saturated heterocycles. The summed E-state index contributed by atoms with van der Waals surface area (Å²) < 4.78 is 0. The van der Waals surface area contributed by atoms with Gasteiger partial charge in [0.2, 0.25) is 11.8 Å². The predicted octanol–water partition coefficient (Wildman–Crippen LogP) is 1.89. The molecule has 0 spiro atoms. The number of unbranched alkanes of at least 4 members (excludes halogenated alkanes) is 3. The van der Waals surface area contributed by atoms with Gasteiger partial charge in [0.05, 0.1) is 0 Å². The van der Waals surface area contributed by atoms with Crippen molar-refractivity contribution < 1.29 is 96.1 Å². The van der Waals surface area contributed by atoms with Gasteiger partial charge in [-0.1, -0.05) is 33.1 Å². The molecule has 0 N–H and O–H groups in total. The van der Waals surface area contributed by atoms with E-state index in [1.807, 2.05) is 0 Å². The molecule has 5 aliphatic heterocycles. The Bertz CT molecular complexity index is 1900. The van der Waals surface area contributed by atoms with Crippen molar-refractivity contribution in [3.8, 4) is 0 Å². The maximum atomic E-state index is 11.3. The number of nitrogens with zero attached hydrogens (tertiary/aromatic N) is 5. The molecule has 5 fully saturated rings. The zero-order chi connectivity index (χ0) is 51.7. The minimum absolute atomic E-state index is 0.0128. The van der Waals surface area contributed by atoms with Gasteiger partial charge >= 0.3 is 23.9 Å². The average molecular weight is 966 g/mol. The first-order chi connectivity index (χ1) is 32.0. The molecule has 0 radical (unpaired) electrons. The quantitative estimate of drug-likeness (QED) is 0.114. The molecule has 10 amide bonds. The van der Waals surface area contributed by atoms with Crippen LogP contribution in [0.5, 0.6) is 0 Å². The molecule has 5 heterocycles. The number of amides is 10. The summed E-state index contributed by atoms with van der Waals surface area (Å²) in [5, 5.41) is 2.09. The third-order valence-electron chi connectivity index (χ3n) is 9.65. The van der Waals surface area contributed by atoms with Crippen molar-refractivity contribution in [1.82, 2.24) is 25.2 Å². The number of Topliss-reactive ketones (excluding diaryl/α,β-unsaturated/α-hetero) is 2. The number of hydrogen-bond donors (Lipinski definition) is 0. The first-order valence-electron chi connectivity index (χ1n) is 22.1. The summed E-state index contributed by atoms with van der Waals surface area (Å²) in [5.74, 6) is -7.85. The van der Waals surface area contributed by atoms with E-state index >= 15 is 0 Å². The molecule has 0 aromatic carbocycles. The third-order valence-corrected chi connectivity index (χ3v) is 9.65. The van der Waals surface area contributed by atoms with E-state index in [-0.39, 0.29) is 100 Å². The average Bonchev–Trinajstić information content (AvgIpc) is 4.07. The Labute approximate surface area is 391 Å². The molecule has 0 aromatic heterocycles. The SMILES string of the molecule is CC(=O)C(C)C(=O)ON1C(=O)CCC1=O.CC(=O)CCCC(=O)ON1C(=O)CCC1=O.CCC(=O)ON1C(=O)CCC1=O.CCCCCCC(=O)ON1C(=O)CCC1=O.CCN1C(=O)CCC1=O. The summed E-state index contributed by atoms with van der Waals surface area (Å²) in [5.41, 5.74) is 0. The van der Waals surface area contributed by atoms with Crippen molar-refractivity contribution in [1.29, 1.82) is 0 Å². The smallest absolute Gasteiger partial charge is 0.330 e. The highest BCUT2D eigenvalue weighted by Gasteiger charge is 2.36. The minimum atomic E-state index is -0.966. The number of hydroxylamine groups is 8. The number of rotatable bonds is 17. The van der Waals surface area contributed by atoms with Crippen LogP contribution in [0.1, 0.15) is 164 Å². The van der Waals surface area contributed by atoms with Crippen LogP contribution in [0.3, 0.4) is 0 Å². The van der Waals surface area contributed by atoms with E-state index in [4.69, 9.17) is 4.84 Å². The van der Waals surface area contributed by atoms with E-state index in [1.165, 1.54) is 25.7 Å². The Hall–Kier alpha value is -7.08. The predicted molar refractivity (Wildman–Crippen MR) is 224 cm³/mol. The molecule has 1 atom stereocenters. The third kappa shape index (κ3) is 20.6. The molecule has 25 nitrogen and oxygen atoms in total. The van der Waals surface area contributed by atoms with Gasteiger partial charge in [-0.05, 0) is 40.5 Å². The zero-order valence-corrected chi connectivity index (χ0v) is 39.1. The molecular formula is C43H59N5O20. The number of hydrogen-bond acceptors (Lipinski definition) is 20. The Morgan fingerprint density at radius 2 is 0.750 bits per heavy atom. The Morgan fingerprint density at radius 3 is 1.04 bits per heavy atom. The lowest BCUT2D eigenvalue weighted by molar-refractivity contribution is -0.200. The van der Waals surface area contributed by atoms with Crippen LogP contribution in [0, 0.1) is 5.92 Å². The lowest BCUT2D eigenvalue weighted by atomic mass is 10.1. The van der Waals surface area contributed by atoms with Crippen molar-refractivity contribution >= 4 is 94.5 Å². The van der Waals surface area contributed by atoms with Crippen molar-refractivity contribution in [2.24, 2.45) is 5.92 Å². The standard InChI is InChI=1S/C11H17NO4.C10H13NO5.C9H11NO5.C7H9NO4.C6H9NO2/c1-2-3-4-5-6-11(15)16-12-9(13)7-8-10(12)14;1-7(12)3-2-4-10(15)16-11-8(13)5-6-9(11)14;1-5(6(2)11)9(14)15-10-7(12)3-4-8(10)13;1-2-7(11)12-8-5(9)3-4-6(8)10;1-2-7-5(8)3-4-6(7)9/h2-8H2,1H3;2-6H2,1H3;5H,3-4H2,1-2H3;2-4H2,1H3;2-4H2,1H3. The van der Waals surface area contributed by atoms with Crippen LogP contribution in [0.25, 0.3) is 0 Å². The molecule has 5 aliphatic rings. The normalized spacial score (nSPS) is 16.8. The zero-order valence-electron chi connectivity index (χ0n) is 39.1. The highest BCUT2D eigenvalue weighted by molar-refractivity contribution is 6.05. The van der Waals surface area contributed by atoms with Crippen molar-refractivity contribution in [3.05, 3.63) is 0 Å². The van der Waals surface area contributed by atoms with Crippen LogP contribution in [-0.2, 0) is 96.1 Å². The number of likely N-dealkylation sites (tertiary alicyclic amines) is 1. The van der Waals surface area contributed by atoms with E-state index in [1.54, 1.807) is 13.8 Å². The summed E-state index contributed by atoms with van der Waals surface area (Å²) in [7, 11) is 0. The first-order valence-corrected chi connectivity index (χ1v) is 22.1. The minimum Gasteiger partial charge on any atom is -0.330 e. The fourth-order valence-corrected chi connectivity index (χ4v) is 5.58. The topological polar surface area (TPSA) is 326 Å². The summed E-state index contributed by atoms with van der Waals surface area (Å²) in [6.45, 7) is 10.0. The molecule has 5 rings (SSSR count). The fourth-order valence-electron chi connectivity index (χ4n) is 5.58. The van der Waals surface area contributed by atoms with E-state index < -0.39 is 77.1 Å². The lowest BCUT2D eigenvalue weighted by Gasteiger charge is -2.14. The monoisotopic (exact) mass is 965 g/mol. The van der Waals surface area contributed by atoms with Gasteiger partial charge in [-0.2, -0.15) is 0 Å². The maximum absolute atomic E-state index is 11.3. The van der Waals surface area contributed by atoms with E-state index in [0.29, 0.717) is 46.1 Å². The van der Waals surface area contributed by atoms with E-state index in [9.17, 15) is 76.7 Å². The number of ketones is 2. The maximum Gasteiger partial charge on any atom is 0.343 e. The van der Waals surface area contributed by atoms with Crippen LogP contribution in [0.15, 0.2) is 0 Å². The molecule has 0 bridgehead atoms. The van der Waals surface area contributed by atoms with Gasteiger partial charge in [0.25, 0.3) is 47.3 Å². The summed E-state index contributed by atoms with van der Waals surface area (Å²) >= 11 is 0. The van der Waals surface area contributed by atoms with Gasteiger partial charge in [-0.15, -0.1) is 20.3 Å².